The van der Waals surface area contributed by atoms with Crippen molar-refractivity contribution in [2.45, 2.75) is 31.8 Å². The normalized spacial score (nSPS) is 11.6. The lowest BCUT2D eigenvalue weighted by Crippen LogP contribution is -2.29. The second kappa shape index (κ2) is 5.28. The van der Waals surface area contributed by atoms with Gasteiger partial charge in [-0.1, -0.05) is 6.92 Å². The van der Waals surface area contributed by atoms with E-state index >= 15 is 0 Å². The maximum Gasteiger partial charge on any atom is 0.318 e. The van der Waals surface area contributed by atoms with Gasteiger partial charge in [-0.3, -0.25) is 4.79 Å². The van der Waals surface area contributed by atoms with Gasteiger partial charge in [-0.2, -0.15) is 4.72 Å². The third-order valence-corrected chi connectivity index (χ3v) is 3.38. The van der Waals surface area contributed by atoms with Gasteiger partial charge in [0.2, 0.25) is 0 Å². The van der Waals surface area contributed by atoms with Gasteiger partial charge in [0.25, 0.3) is 10.0 Å². The monoisotopic (exact) mass is 261 g/mol. The van der Waals surface area contributed by atoms with Crippen LogP contribution in [-0.4, -0.2) is 35.6 Å². The lowest BCUT2D eigenvalue weighted by atomic mass is 10.5. The number of aromatic nitrogens is 2. The summed E-state index contributed by atoms with van der Waals surface area (Å²) in [6, 6.07) is 0. The molecule has 0 fully saturated rings. The van der Waals surface area contributed by atoms with Crippen molar-refractivity contribution in [1.29, 1.82) is 0 Å². The van der Waals surface area contributed by atoms with E-state index in [1.54, 1.807) is 11.5 Å². The van der Waals surface area contributed by atoms with Gasteiger partial charge in [-0.05, 0) is 13.3 Å². The Morgan fingerprint density at radius 2 is 2.24 bits per heavy atom. The highest BCUT2D eigenvalue weighted by Gasteiger charge is 2.19. The van der Waals surface area contributed by atoms with Crippen molar-refractivity contribution in [3.05, 3.63) is 12.0 Å². The average Bonchev–Trinajstić information content (AvgIpc) is 2.59. The van der Waals surface area contributed by atoms with Gasteiger partial charge < -0.3 is 9.67 Å². The van der Waals surface area contributed by atoms with Crippen molar-refractivity contribution in [2.24, 2.45) is 0 Å². The predicted octanol–water partition coefficient (Wildman–Crippen LogP) is -0.0356. The van der Waals surface area contributed by atoms with Gasteiger partial charge in [0, 0.05) is 12.7 Å². The van der Waals surface area contributed by atoms with Crippen LogP contribution in [0.15, 0.2) is 11.2 Å². The van der Waals surface area contributed by atoms with Gasteiger partial charge in [0.1, 0.15) is 12.4 Å². The fourth-order valence-corrected chi connectivity index (χ4v) is 2.29. The summed E-state index contributed by atoms with van der Waals surface area (Å²) in [5.41, 5.74) is 0. The van der Waals surface area contributed by atoms with Gasteiger partial charge in [0.15, 0.2) is 5.03 Å². The highest BCUT2D eigenvalue weighted by molar-refractivity contribution is 7.89. The van der Waals surface area contributed by atoms with Crippen LogP contribution >= 0.6 is 0 Å². The number of hydrogen-bond acceptors (Lipinski definition) is 4. The van der Waals surface area contributed by atoms with Crippen LogP contribution in [0.4, 0.5) is 0 Å². The number of sulfonamides is 1. The first-order chi connectivity index (χ1) is 7.86. The Hall–Kier alpha value is -1.41. The Labute approximate surface area is 99.5 Å². The Balaban J connectivity index is 2.91. The number of imidazole rings is 1. The number of aryl methyl sites for hydroxylation is 2. The van der Waals surface area contributed by atoms with Crippen LogP contribution in [0.3, 0.4) is 0 Å². The summed E-state index contributed by atoms with van der Waals surface area (Å²) in [6.07, 6.45) is 2.27. The number of carbonyl (C=O) groups is 1. The number of aliphatic carboxylic acids is 1. The molecule has 0 saturated heterocycles. The van der Waals surface area contributed by atoms with Crippen LogP contribution in [0.2, 0.25) is 0 Å². The molecular formula is C9H15N3O4S. The molecule has 0 spiro atoms. The maximum atomic E-state index is 11.7. The van der Waals surface area contributed by atoms with Crippen LogP contribution in [0, 0.1) is 6.92 Å². The highest BCUT2D eigenvalue weighted by Crippen LogP contribution is 2.09. The smallest absolute Gasteiger partial charge is 0.318 e. The molecule has 2 N–H and O–H groups in total. The van der Waals surface area contributed by atoms with E-state index in [-0.39, 0.29) is 5.03 Å². The summed E-state index contributed by atoms with van der Waals surface area (Å²) >= 11 is 0. The van der Waals surface area contributed by atoms with E-state index in [0.29, 0.717) is 12.4 Å². The maximum absolute atomic E-state index is 11.7. The molecule has 7 nitrogen and oxygen atoms in total. The minimum Gasteiger partial charge on any atom is -0.480 e. The topological polar surface area (TPSA) is 101 Å². The second-order valence-electron chi connectivity index (χ2n) is 3.54. The van der Waals surface area contributed by atoms with Crippen molar-refractivity contribution in [2.75, 3.05) is 6.54 Å². The Morgan fingerprint density at radius 3 is 2.76 bits per heavy atom. The minimum absolute atomic E-state index is 0.148. The number of nitrogens with one attached hydrogen (secondary N) is 1. The fourth-order valence-electron chi connectivity index (χ4n) is 1.31. The molecule has 0 aliphatic carbocycles. The number of rotatable bonds is 6. The molecule has 8 heteroatoms. The van der Waals surface area contributed by atoms with Crippen LogP contribution in [-0.2, 0) is 21.4 Å². The zero-order valence-electron chi connectivity index (χ0n) is 9.67. The molecule has 0 radical (unpaired) electrons. The fraction of sp³-hybridized carbons (Fsp3) is 0.556. The van der Waals surface area contributed by atoms with Gasteiger partial charge in [-0.15, -0.1) is 0 Å². The van der Waals surface area contributed by atoms with E-state index in [9.17, 15) is 13.2 Å². The summed E-state index contributed by atoms with van der Waals surface area (Å²) in [5, 5.41) is 8.27. The zero-order chi connectivity index (χ0) is 13.1. The first kappa shape index (κ1) is 13.7. The van der Waals surface area contributed by atoms with E-state index in [1.165, 1.54) is 6.20 Å². The van der Waals surface area contributed by atoms with Crippen LogP contribution < -0.4 is 4.72 Å². The van der Waals surface area contributed by atoms with Crippen molar-refractivity contribution in [1.82, 2.24) is 14.3 Å². The van der Waals surface area contributed by atoms with E-state index in [2.05, 4.69) is 4.98 Å². The number of nitrogens with zero attached hydrogens (tertiary/aromatic N) is 2. The Kier molecular flexibility index (Phi) is 4.24. The van der Waals surface area contributed by atoms with Crippen molar-refractivity contribution >= 4 is 16.0 Å². The zero-order valence-corrected chi connectivity index (χ0v) is 10.5. The SMILES string of the molecule is CCCn1cc(S(=O)(=O)NCC(=O)O)nc1C. The predicted molar refractivity (Wildman–Crippen MR) is 60.1 cm³/mol. The van der Waals surface area contributed by atoms with Gasteiger partial charge >= 0.3 is 5.97 Å². The number of carboxylic acid groups (broad SMARTS) is 1. The third kappa shape index (κ3) is 3.53. The van der Waals surface area contributed by atoms with Crippen LogP contribution in [0.5, 0.6) is 0 Å². The molecule has 0 unspecified atom stereocenters. The molecule has 0 aliphatic heterocycles. The first-order valence-corrected chi connectivity index (χ1v) is 6.60. The number of carboxylic acids is 1. The van der Waals surface area contributed by atoms with Crippen LogP contribution in [0.25, 0.3) is 0 Å². The summed E-state index contributed by atoms with van der Waals surface area (Å²) in [4.78, 5) is 14.2. The Bertz CT molecular complexity index is 506. The van der Waals surface area contributed by atoms with Crippen molar-refractivity contribution < 1.29 is 18.3 Å². The molecule has 17 heavy (non-hydrogen) atoms. The molecule has 0 aromatic carbocycles. The molecule has 1 heterocycles. The molecule has 1 rings (SSSR count). The summed E-state index contributed by atoms with van der Waals surface area (Å²) in [7, 11) is -3.84. The summed E-state index contributed by atoms with van der Waals surface area (Å²) < 4.78 is 27.0. The molecule has 0 saturated carbocycles. The molecule has 0 atom stereocenters. The molecule has 0 amide bonds. The lowest BCUT2D eigenvalue weighted by Gasteiger charge is -2.00. The molecule has 0 aliphatic rings. The lowest BCUT2D eigenvalue weighted by molar-refractivity contribution is -0.135. The van der Waals surface area contributed by atoms with Crippen LogP contribution in [0.1, 0.15) is 19.2 Å². The van der Waals surface area contributed by atoms with E-state index in [4.69, 9.17) is 5.11 Å². The second-order valence-corrected chi connectivity index (χ2v) is 5.25. The minimum atomic E-state index is -3.84. The standard InChI is InChI=1S/C9H15N3O4S/c1-3-4-12-6-8(11-7(12)2)17(15,16)10-5-9(13)14/h6,10H,3-5H2,1-2H3,(H,13,14). The average molecular weight is 261 g/mol. The van der Waals surface area contributed by atoms with E-state index in [0.717, 1.165) is 6.42 Å². The third-order valence-electron chi connectivity index (χ3n) is 2.11. The van der Waals surface area contributed by atoms with E-state index in [1.807, 2.05) is 11.6 Å². The summed E-state index contributed by atoms with van der Waals surface area (Å²) in [5.74, 6) is -0.652. The van der Waals surface area contributed by atoms with Crippen molar-refractivity contribution in [3.8, 4) is 0 Å². The van der Waals surface area contributed by atoms with Crippen molar-refractivity contribution in [3.63, 3.8) is 0 Å². The number of hydrogen-bond donors (Lipinski definition) is 2. The molecule has 1 aromatic heterocycles. The largest absolute Gasteiger partial charge is 0.480 e. The molecule has 96 valence electrons. The Morgan fingerprint density at radius 1 is 1.59 bits per heavy atom. The molecule has 1 aromatic rings. The quantitative estimate of drug-likeness (QED) is 0.748. The van der Waals surface area contributed by atoms with Gasteiger partial charge in [0.05, 0.1) is 0 Å². The highest BCUT2D eigenvalue weighted by atomic mass is 32.2. The molecular weight excluding hydrogens is 246 g/mol. The van der Waals surface area contributed by atoms with E-state index < -0.39 is 22.5 Å². The summed E-state index contributed by atoms with van der Waals surface area (Å²) in [6.45, 7) is 3.69. The van der Waals surface area contributed by atoms with Gasteiger partial charge in [-0.25, -0.2) is 13.4 Å². The molecule has 0 bridgehead atoms. The first-order valence-electron chi connectivity index (χ1n) is 5.12.